The summed E-state index contributed by atoms with van der Waals surface area (Å²) in [6.07, 6.45) is 4.93. The fourth-order valence-electron chi connectivity index (χ4n) is 2.83. The summed E-state index contributed by atoms with van der Waals surface area (Å²) < 4.78 is 11.4. The Morgan fingerprint density at radius 1 is 1.03 bits per heavy atom. The number of nitrogens with zero attached hydrogens (tertiary/aromatic N) is 4. The molecular weight excluding hydrogens is 402 g/mol. The molecule has 0 radical (unpaired) electrons. The van der Waals surface area contributed by atoms with Crippen molar-refractivity contribution < 1.29 is 9.47 Å². The molecule has 0 fully saturated rings. The van der Waals surface area contributed by atoms with Crippen LogP contribution >= 0.6 is 11.6 Å². The molecule has 1 N–H and O–H groups in total. The van der Waals surface area contributed by atoms with E-state index in [1.54, 1.807) is 37.7 Å². The normalized spacial score (nSPS) is 10.4. The minimum absolute atomic E-state index is 0.290. The largest absolute Gasteiger partial charge is 0.496 e. The molecule has 0 atom stereocenters. The molecule has 0 aliphatic heterocycles. The molecular formula is C22H16ClN5O2. The first-order valence-electron chi connectivity index (χ1n) is 8.97. The van der Waals surface area contributed by atoms with Gasteiger partial charge in [0.25, 0.3) is 0 Å². The molecule has 30 heavy (non-hydrogen) atoms. The number of halogens is 1. The predicted molar refractivity (Wildman–Crippen MR) is 114 cm³/mol. The number of pyridine rings is 2. The third kappa shape index (κ3) is 4.24. The van der Waals surface area contributed by atoms with Crippen LogP contribution in [0.1, 0.15) is 5.69 Å². The molecule has 1 aromatic carbocycles. The molecule has 0 amide bonds. The van der Waals surface area contributed by atoms with Gasteiger partial charge in [-0.1, -0.05) is 17.7 Å². The molecule has 148 valence electrons. The predicted octanol–water partition coefficient (Wildman–Crippen LogP) is 5.33. The number of ether oxygens (including phenoxy) is 2. The molecule has 0 unspecified atom stereocenters. The van der Waals surface area contributed by atoms with Gasteiger partial charge in [0.15, 0.2) is 0 Å². The second-order valence-electron chi connectivity index (χ2n) is 6.29. The third-order valence-electron chi connectivity index (χ3n) is 4.36. The van der Waals surface area contributed by atoms with Gasteiger partial charge in [-0.2, -0.15) is 0 Å². The fourth-order valence-corrected chi connectivity index (χ4v) is 2.94. The van der Waals surface area contributed by atoms with E-state index in [0.29, 0.717) is 34.8 Å². The maximum absolute atomic E-state index is 6.97. The summed E-state index contributed by atoms with van der Waals surface area (Å²) in [5.41, 5.74) is 3.73. The van der Waals surface area contributed by atoms with Gasteiger partial charge >= 0.3 is 0 Å². The number of hydrogen-bond acceptors (Lipinski definition) is 5. The second kappa shape index (κ2) is 8.64. The lowest BCUT2D eigenvalue weighted by Crippen LogP contribution is -1.98. The lowest BCUT2D eigenvalue weighted by molar-refractivity contribution is 0.299. The monoisotopic (exact) mass is 417 g/mol. The van der Waals surface area contributed by atoms with Crippen LogP contribution in [0.4, 0.5) is 5.69 Å². The van der Waals surface area contributed by atoms with E-state index >= 15 is 0 Å². The van der Waals surface area contributed by atoms with Crippen molar-refractivity contribution in [1.29, 1.82) is 0 Å². The molecule has 3 aromatic heterocycles. The summed E-state index contributed by atoms with van der Waals surface area (Å²) in [6.45, 7) is 7.26. The maximum atomic E-state index is 6.97. The highest BCUT2D eigenvalue weighted by atomic mass is 35.5. The highest BCUT2D eigenvalue weighted by molar-refractivity contribution is 6.29. The minimum atomic E-state index is 0.290. The van der Waals surface area contributed by atoms with Crippen LogP contribution in [-0.4, -0.2) is 27.0 Å². The van der Waals surface area contributed by atoms with Gasteiger partial charge in [0.1, 0.15) is 29.1 Å². The smallest absolute Gasteiger partial charge is 0.205 e. The highest BCUT2D eigenvalue weighted by Crippen LogP contribution is 2.33. The van der Waals surface area contributed by atoms with Crippen LogP contribution in [0.15, 0.2) is 61.1 Å². The zero-order chi connectivity index (χ0) is 20.9. The number of benzene rings is 1. The van der Waals surface area contributed by atoms with Gasteiger partial charge in [0, 0.05) is 29.6 Å². The third-order valence-corrected chi connectivity index (χ3v) is 4.59. The summed E-state index contributed by atoms with van der Waals surface area (Å²) in [4.78, 5) is 19.3. The lowest BCUT2D eigenvalue weighted by atomic mass is 10.1. The van der Waals surface area contributed by atoms with E-state index in [-0.39, 0.29) is 0 Å². The van der Waals surface area contributed by atoms with Crippen LogP contribution in [0, 0.1) is 6.57 Å². The van der Waals surface area contributed by atoms with E-state index in [1.165, 1.54) is 6.20 Å². The van der Waals surface area contributed by atoms with Crippen molar-refractivity contribution >= 4 is 17.3 Å². The van der Waals surface area contributed by atoms with E-state index in [0.717, 1.165) is 22.5 Å². The van der Waals surface area contributed by atoms with Crippen molar-refractivity contribution in [2.24, 2.45) is 0 Å². The molecule has 0 bridgehead atoms. The van der Waals surface area contributed by atoms with Crippen LogP contribution in [0.5, 0.6) is 11.5 Å². The Morgan fingerprint density at radius 3 is 2.63 bits per heavy atom. The summed E-state index contributed by atoms with van der Waals surface area (Å²) >= 11 is 5.85. The molecule has 0 aliphatic carbocycles. The molecule has 0 saturated carbocycles. The van der Waals surface area contributed by atoms with Gasteiger partial charge in [-0.3, -0.25) is 4.98 Å². The molecule has 3 heterocycles. The van der Waals surface area contributed by atoms with Gasteiger partial charge < -0.3 is 14.5 Å². The topological polar surface area (TPSA) is 77.3 Å². The van der Waals surface area contributed by atoms with Crippen LogP contribution < -0.4 is 9.47 Å². The van der Waals surface area contributed by atoms with Gasteiger partial charge in [0.05, 0.1) is 31.3 Å². The number of imidazole rings is 1. The number of aromatic amines is 1. The van der Waals surface area contributed by atoms with Crippen molar-refractivity contribution in [2.75, 3.05) is 7.11 Å². The molecule has 0 aliphatic rings. The molecule has 8 heteroatoms. The van der Waals surface area contributed by atoms with Gasteiger partial charge in [-0.25, -0.2) is 14.8 Å². The Bertz CT molecular complexity index is 1200. The van der Waals surface area contributed by atoms with E-state index < -0.39 is 0 Å². The average Bonchev–Trinajstić information content (AvgIpc) is 3.28. The van der Waals surface area contributed by atoms with Gasteiger partial charge in [0.2, 0.25) is 5.69 Å². The summed E-state index contributed by atoms with van der Waals surface area (Å²) in [5, 5.41) is 0.431. The average molecular weight is 418 g/mol. The Hall–Kier alpha value is -3.89. The summed E-state index contributed by atoms with van der Waals surface area (Å²) in [6, 6.07) is 12.6. The minimum Gasteiger partial charge on any atom is -0.496 e. The van der Waals surface area contributed by atoms with Crippen molar-refractivity contribution in [1.82, 2.24) is 19.9 Å². The Morgan fingerprint density at radius 2 is 1.93 bits per heavy atom. The lowest BCUT2D eigenvalue weighted by Gasteiger charge is -2.11. The first-order chi connectivity index (χ1) is 14.7. The summed E-state index contributed by atoms with van der Waals surface area (Å²) in [7, 11) is 1.60. The number of nitrogens with one attached hydrogen (secondary N) is 1. The highest BCUT2D eigenvalue weighted by Gasteiger charge is 2.12. The van der Waals surface area contributed by atoms with Crippen molar-refractivity contribution in [2.45, 2.75) is 6.61 Å². The van der Waals surface area contributed by atoms with Crippen molar-refractivity contribution in [3.8, 4) is 34.1 Å². The molecule has 4 aromatic rings. The molecule has 0 saturated heterocycles. The molecule has 0 spiro atoms. The van der Waals surface area contributed by atoms with E-state index in [9.17, 15) is 0 Å². The van der Waals surface area contributed by atoms with E-state index in [2.05, 4.69) is 24.8 Å². The summed E-state index contributed by atoms with van der Waals surface area (Å²) in [5.74, 6) is 1.98. The number of aromatic nitrogens is 4. The SMILES string of the molecule is [C-]#[N+]c1ccc(COc2ccc(-c3cnc(-c4ccc(Cl)nc4)[nH]3)c(OC)c2)nc1. The number of methoxy groups -OCH3 is 1. The van der Waals surface area contributed by atoms with E-state index in [4.69, 9.17) is 27.6 Å². The Labute approximate surface area is 178 Å². The van der Waals surface area contributed by atoms with E-state index in [1.807, 2.05) is 24.3 Å². The van der Waals surface area contributed by atoms with Crippen LogP contribution in [0.25, 0.3) is 27.5 Å². The second-order valence-corrected chi connectivity index (χ2v) is 6.67. The van der Waals surface area contributed by atoms with Crippen molar-refractivity contribution in [3.05, 3.63) is 83.3 Å². The first-order valence-corrected chi connectivity index (χ1v) is 9.34. The fraction of sp³-hybridized carbons (Fsp3) is 0.0909. The Balaban J connectivity index is 1.52. The molecule has 7 nitrogen and oxygen atoms in total. The molecule has 4 rings (SSSR count). The first kappa shape index (κ1) is 19.4. The number of hydrogen-bond donors (Lipinski definition) is 1. The quantitative estimate of drug-likeness (QED) is 0.339. The van der Waals surface area contributed by atoms with Gasteiger partial charge in [-0.05, 0) is 30.3 Å². The maximum Gasteiger partial charge on any atom is 0.205 e. The van der Waals surface area contributed by atoms with Crippen LogP contribution in [0.3, 0.4) is 0 Å². The zero-order valence-corrected chi connectivity index (χ0v) is 16.7. The number of rotatable bonds is 6. The van der Waals surface area contributed by atoms with Gasteiger partial charge in [-0.15, -0.1) is 0 Å². The van der Waals surface area contributed by atoms with Crippen LogP contribution in [-0.2, 0) is 6.61 Å². The Kier molecular flexibility index (Phi) is 5.59. The standard InChI is InChI=1S/C22H16ClN5O2/c1-24-15-4-5-16(25-11-15)13-30-17-6-7-18(20(9-17)29-2)19-12-27-22(28-19)14-3-8-21(23)26-10-14/h3-12H,13H2,2H3,(H,27,28). The zero-order valence-electron chi connectivity index (χ0n) is 16.0. The number of H-pyrrole nitrogens is 1. The van der Waals surface area contributed by atoms with Crippen molar-refractivity contribution in [3.63, 3.8) is 0 Å². The van der Waals surface area contributed by atoms with Crippen LogP contribution in [0.2, 0.25) is 5.15 Å².